The van der Waals surface area contributed by atoms with Gasteiger partial charge < -0.3 is 5.32 Å². The maximum Gasteiger partial charge on any atom is 0.0683 e. The third-order valence-electron chi connectivity index (χ3n) is 3.14. The Morgan fingerprint density at radius 3 is 2.83 bits per heavy atom. The van der Waals surface area contributed by atoms with E-state index in [4.69, 9.17) is 5.26 Å². The molecule has 1 aromatic rings. The Hall–Kier alpha value is -0.850. The second-order valence-electron chi connectivity index (χ2n) is 5.41. The van der Waals surface area contributed by atoms with Crippen molar-refractivity contribution in [3.8, 4) is 6.07 Å². The van der Waals surface area contributed by atoms with Gasteiger partial charge in [-0.1, -0.05) is 19.4 Å². The summed E-state index contributed by atoms with van der Waals surface area (Å²) < 4.78 is 0. The normalized spacial score (nSPS) is 13.2. The molecule has 0 radical (unpaired) electrons. The van der Waals surface area contributed by atoms with Gasteiger partial charge in [0.2, 0.25) is 0 Å². The lowest BCUT2D eigenvalue weighted by atomic mass is 9.90. The molecule has 1 heterocycles. The molecule has 0 saturated heterocycles. The molecule has 0 bridgehead atoms. The minimum Gasteiger partial charge on any atom is -0.309 e. The van der Waals surface area contributed by atoms with E-state index in [1.54, 1.807) is 0 Å². The molecule has 3 heteroatoms. The van der Waals surface area contributed by atoms with E-state index in [-0.39, 0.29) is 5.41 Å². The minimum absolute atomic E-state index is 0.190. The lowest BCUT2D eigenvalue weighted by molar-refractivity contribution is 0.408. The minimum atomic E-state index is -0.190. The van der Waals surface area contributed by atoms with Gasteiger partial charge >= 0.3 is 0 Å². The van der Waals surface area contributed by atoms with Gasteiger partial charge in [-0.25, -0.2) is 0 Å². The summed E-state index contributed by atoms with van der Waals surface area (Å²) in [6.07, 6.45) is 4.40. The van der Waals surface area contributed by atoms with Crippen molar-refractivity contribution in [1.29, 1.82) is 5.26 Å². The summed E-state index contributed by atoms with van der Waals surface area (Å²) in [5.41, 5.74) is -0.190. The molecule has 0 amide bonds. The average molecular weight is 264 g/mol. The van der Waals surface area contributed by atoms with Crippen LogP contribution in [-0.2, 0) is 0 Å². The van der Waals surface area contributed by atoms with Crippen LogP contribution in [0.3, 0.4) is 0 Å². The summed E-state index contributed by atoms with van der Waals surface area (Å²) in [6.45, 7) is 7.24. The quantitative estimate of drug-likeness (QED) is 0.701. The molecule has 18 heavy (non-hydrogen) atoms. The molecule has 1 rings (SSSR count). The monoisotopic (exact) mass is 264 g/mol. The van der Waals surface area contributed by atoms with Crippen LogP contribution in [0, 0.1) is 16.7 Å². The van der Waals surface area contributed by atoms with E-state index in [2.05, 4.69) is 35.8 Å². The van der Waals surface area contributed by atoms with Crippen molar-refractivity contribution >= 4 is 11.3 Å². The van der Waals surface area contributed by atoms with Crippen molar-refractivity contribution in [1.82, 2.24) is 5.32 Å². The zero-order valence-electron chi connectivity index (χ0n) is 11.7. The maximum absolute atomic E-state index is 8.97. The second-order valence-corrected chi connectivity index (χ2v) is 6.39. The highest BCUT2D eigenvalue weighted by Crippen LogP contribution is 2.24. The molecular formula is C15H24N2S. The van der Waals surface area contributed by atoms with E-state index >= 15 is 0 Å². The molecule has 2 nitrogen and oxygen atoms in total. The molecule has 100 valence electrons. The van der Waals surface area contributed by atoms with E-state index < -0.39 is 0 Å². The zero-order valence-corrected chi connectivity index (χ0v) is 12.5. The third-order valence-corrected chi connectivity index (χ3v) is 4.12. The number of nitrogens with zero attached hydrogens (tertiary/aromatic N) is 1. The Labute approximate surface area is 115 Å². The molecule has 0 spiro atoms. The largest absolute Gasteiger partial charge is 0.309 e. The highest BCUT2D eigenvalue weighted by atomic mass is 32.1. The molecule has 0 fully saturated rings. The van der Waals surface area contributed by atoms with Gasteiger partial charge in [-0.3, -0.25) is 0 Å². The first-order valence-corrected chi connectivity index (χ1v) is 7.65. The van der Waals surface area contributed by atoms with Gasteiger partial charge in [-0.15, -0.1) is 11.3 Å². The summed E-state index contributed by atoms with van der Waals surface area (Å²) in [7, 11) is 0. The van der Waals surface area contributed by atoms with Crippen LogP contribution < -0.4 is 5.32 Å². The van der Waals surface area contributed by atoms with Crippen LogP contribution in [0.25, 0.3) is 0 Å². The molecule has 0 aliphatic rings. The van der Waals surface area contributed by atoms with Crippen LogP contribution in [0.1, 0.15) is 57.4 Å². The summed E-state index contributed by atoms with van der Waals surface area (Å²) in [4.78, 5) is 1.43. The fourth-order valence-electron chi connectivity index (χ4n) is 1.99. The number of nitrogens with one attached hydrogen (secondary N) is 1. The summed E-state index contributed by atoms with van der Waals surface area (Å²) >= 11 is 1.82. The highest BCUT2D eigenvalue weighted by molar-refractivity contribution is 7.10. The van der Waals surface area contributed by atoms with Crippen molar-refractivity contribution in [3.63, 3.8) is 0 Å². The topological polar surface area (TPSA) is 35.8 Å². The van der Waals surface area contributed by atoms with Gasteiger partial charge in [0.05, 0.1) is 11.5 Å². The Morgan fingerprint density at radius 1 is 1.50 bits per heavy atom. The average Bonchev–Trinajstić information content (AvgIpc) is 2.87. The Balaban J connectivity index is 2.34. The molecule has 1 unspecified atom stereocenters. The smallest absolute Gasteiger partial charge is 0.0683 e. The van der Waals surface area contributed by atoms with Crippen LogP contribution in [-0.4, -0.2) is 6.54 Å². The molecule has 1 atom stereocenters. The molecule has 0 aliphatic carbocycles. The Bertz CT molecular complexity index is 362. The number of hydrogen-bond acceptors (Lipinski definition) is 3. The summed E-state index contributed by atoms with van der Waals surface area (Å²) in [5, 5.41) is 14.7. The third kappa shape index (κ3) is 5.20. The van der Waals surface area contributed by atoms with Crippen molar-refractivity contribution in [2.75, 3.05) is 6.54 Å². The lowest BCUT2D eigenvalue weighted by Gasteiger charge is -2.19. The number of thiophene rings is 1. The first kappa shape index (κ1) is 15.2. The molecule has 1 N–H and O–H groups in total. The van der Waals surface area contributed by atoms with Crippen LogP contribution in [0.2, 0.25) is 0 Å². The lowest BCUT2D eigenvalue weighted by Crippen LogP contribution is -2.23. The van der Waals surface area contributed by atoms with E-state index in [0.29, 0.717) is 6.04 Å². The predicted molar refractivity (Wildman–Crippen MR) is 78.6 cm³/mol. The molecule has 1 aromatic heterocycles. The van der Waals surface area contributed by atoms with Crippen LogP contribution >= 0.6 is 11.3 Å². The number of rotatable bonds is 8. The maximum atomic E-state index is 8.97. The number of hydrogen-bond donors (Lipinski definition) is 1. The Morgan fingerprint density at radius 2 is 2.28 bits per heavy atom. The number of nitriles is 1. The van der Waals surface area contributed by atoms with Crippen LogP contribution in [0.15, 0.2) is 17.5 Å². The van der Waals surface area contributed by atoms with Gasteiger partial charge in [-0.05, 0) is 51.1 Å². The van der Waals surface area contributed by atoms with Crippen molar-refractivity contribution < 1.29 is 0 Å². The van der Waals surface area contributed by atoms with E-state index in [0.717, 1.165) is 19.4 Å². The van der Waals surface area contributed by atoms with E-state index in [1.807, 2.05) is 25.2 Å². The van der Waals surface area contributed by atoms with Gasteiger partial charge in [0.25, 0.3) is 0 Å². The zero-order chi connectivity index (χ0) is 13.4. The predicted octanol–water partition coefficient (Wildman–Crippen LogP) is 4.51. The van der Waals surface area contributed by atoms with Crippen LogP contribution in [0.5, 0.6) is 0 Å². The molecular weight excluding hydrogens is 240 g/mol. The molecule has 0 aliphatic heterocycles. The standard InChI is InChI=1S/C15H24N2S/c1-4-7-13(14-8-5-11-18-14)17-10-6-9-15(2,3)12-16/h5,8,11,13,17H,4,6-7,9-10H2,1-3H3. The van der Waals surface area contributed by atoms with Crippen molar-refractivity contribution in [2.24, 2.45) is 5.41 Å². The van der Waals surface area contributed by atoms with Crippen molar-refractivity contribution in [3.05, 3.63) is 22.4 Å². The first-order valence-electron chi connectivity index (χ1n) is 6.77. The van der Waals surface area contributed by atoms with E-state index in [9.17, 15) is 0 Å². The Kier molecular flexibility index (Phi) is 6.38. The fourth-order valence-corrected chi connectivity index (χ4v) is 2.82. The summed E-state index contributed by atoms with van der Waals surface area (Å²) in [6, 6.07) is 7.16. The van der Waals surface area contributed by atoms with Gasteiger partial charge in [0.15, 0.2) is 0 Å². The first-order chi connectivity index (χ1) is 8.59. The SMILES string of the molecule is CCCC(NCCCC(C)(C)C#N)c1cccs1. The summed E-state index contributed by atoms with van der Waals surface area (Å²) in [5.74, 6) is 0. The fraction of sp³-hybridized carbons (Fsp3) is 0.667. The van der Waals surface area contributed by atoms with Crippen LogP contribution in [0.4, 0.5) is 0 Å². The van der Waals surface area contributed by atoms with Gasteiger partial charge in [-0.2, -0.15) is 5.26 Å². The van der Waals surface area contributed by atoms with Gasteiger partial charge in [0, 0.05) is 10.9 Å². The molecule has 0 aromatic carbocycles. The van der Waals surface area contributed by atoms with E-state index in [1.165, 1.54) is 17.7 Å². The van der Waals surface area contributed by atoms with Crippen molar-refractivity contribution in [2.45, 2.75) is 52.5 Å². The second kappa shape index (κ2) is 7.56. The van der Waals surface area contributed by atoms with Gasteiger partial charge in [0.1, 0.15) is 0 Å². The molecule has 0 saturated carbocycles. The highest BCUT2D eigenvalue weighted by Gasteiger charge is 2.16.